The molecule has 0 aromatic heterocycles. The molecule has 0 bridgehead atoms. The highest BCUT2D eigenvalue weighted by Crippen LogP contribution is 2.31. The average Bonchev–Trinajstić information content (AvgIpc) is 2.79. The van der Waals surface area contributed by atoms with Gasteiger partial charge in [-0.2, -0.15) is 5.26 Å². The molecule has 0 fully saturated rings. The van der Waals surface area contributed by atoms with Gasteiger partial charge in [-0.25, -0.2) is 8.42 Å². The minimum atomic E-state index is -3.97. The minimum Gasteiger partial charge on any atom is -0.349 e. The molecule has 0 radical (unpaired) electrons. The van der Waals surface area contributed by atoms with Crippen molar-refractivity contribution in [1.29, 1.82) is 5.26 Å². The van der Waals surface area contributed by atoms with Crippen LogP contribution in [0, 0.1) is 18.3 Å². The molecular weight excluding hydrogens is 436 g/mol. The topological polar surface area (TPSA) is 70.0 Å². The van der Waals surface area contributed by atoms with Gasteiger partial charge in [0.2, 0.25) is 9.84 Å². The van der Waals surface area contributed by atoms with Crippen LogP contribution in [-0.4, -0.2) is 8.42 Å². The number of nitrogens with zero attached hydrogens (tertiary/aromatic N) is 1. The summed E-state index contributed by atoms with van der Waals surface area (Å²) >= 11 is 1.31. The van der Waals surface area contributed by atoms with Crippen LogP contribution >= 0.6 is 11.8 Å². The lowest BCUT2D eigenvalue weighted by Crippen LogP contribution is -2.10. The SMILES string of the molecule is Cc1ccc(CS/C(Nc2ccc(C(C)C)cc2)=C(\C#N)S(=O)(=O)c2ccccc2)cc1. The van der Waals surface area contributed by atoms with Gasteiger partial charge >= 0.3 is 0 Å². The number of allylic oxidation sites excluding steroid dienone is 1. The van der Waals surface area contributed by atoms with Gasteiger partial charge in [0.25, 0.3) is 0 Å². The summed E-state index contributed by atoms with van der Waals surface area (Å²) in [5, 5.41) is 13.4. The van der Waals surface area contributed by atoms with Crippen molar-refractivity contribution in [2.24, 2.45) is 0 Å². The third-order valence-corrected chi connectivity index (χ3v) is 7.90. The monoisotopic (exact) mass is 462 g/mol. The van der Waals surface area contributed by atoms with Crippen LogP contribution in [0.2, 0.25) is 0 Å². The zero-order valence-corrected chi connectivity index (χ0v) is 20.0. The first-order valence-electron chi connectivity index (χ1n) is 10.3. The van der Waals surface area contributed by atoms with Gasteiger partial charge in [0, 0.05) is 11.4 Å². The van der Waals surface area contributed by atoms with Crippen molar-refractivity contribution in [2.75, 3.05) is 5.32 Å². The fourth-order valence-electron chi connectivity index (χ4n) is 3.03. The van der Waals surface area contributed by atoms with Gasteiger partial charge in [0.1, 0.15) is 11.1 Å². The molecule has 32 heavy (non-hydrogen) atoms. The second kappa shape index (κ2) is 10.5. The van der Waals surface area contributed by atoms with E-state index >= 15 is 0 Å². The van der Waals surface area contributed by atoms with Crippen LogP contribution in [0.25, 0.3) is 0 Å². The Morgan fingerprint density at radius 3 is 2.16 bits per heavy atom. The van der Waals surface area contributed by atoms with Crippen LogP contribution in [0.1, 0.15) is 36.5 Å². The van der Waals surface area contributed by atoms with Crippen LogP contribution in [0.15, 0.2) is 93.7 Å². The summed E-state index contributed by atoms with van der Waals surface area (Å²) < 4.78 is 26.5. The number of thioether (sulfide) groups is 1. The molecule has 0 spiro atoms. The Balaban J connectivity index is 2.00. The number of sulfone groups is 1. The van der Waals surface area contributed by atoms with Crippen LogP contribution < -0.4 is 5.32 Å². The summed E-state index contributed by atoms with van der Waals surface area (Å²) in [6.45, 7) is 6.25. The lowest BCUT2D eigenvalue weighted by atomic mass is 10.0. The van der Waals surface area contributed by atoms with Crippen molar-refractivity contribution >= 4 is 27.3 Å². The van der Waals surface area contributed by atoms with Gasteiger partial charge in [0.05, 0.1) is 4.90 Å². The van der Waals surface area contributed by atoms with Gasteiger partial charge < -0.3 is 5.32 Å². The van der Waals surface area contributed by atoms with E-state index in [1.54, 1.807) is 18.2 Å². The third-order valence-electron chi connectivity index (χ3n) is 4.97. The highest BCUT2D eigenvalue weighted by molar-refractivity contribution is 8.04. The van der Waals surface area contributed by atoms with Crippen molar-refractivity contribution in [3.05, 3.63) is 105 Å². The zero-order chi connectivity index (χ0) is 23.1. The Labute approximate surface area is 194 Å². The number of nitriles is 1. The molecule has 0 heterocycles. The van der Waals surface area contributed by atoms with Crippen molar-refractivity contribution in [1.82, 2.24) is 0 Å². The van der Waals surface area contributed by atoms with E-state index in [0.29, 0.717) is 16.7 Å². The van der Waals surface area contributed by atoms with Gasteiger partial charge in [0.15, 0.2) is 4.91 Å². The fraction of sp³-hybridized carbons (Fsp3) is 0.192. The van der Waals surface area contributed by atoms with E-state index in [0.717, 1.165) is 16.8 Å². The molecule has 164 valence electrons. The van der Waals surface area contributed by atoms with Crippen LogP contribution in [0.3, 0.4) is 0 Å². The van der Waals surface area contributed by atoms with E-state index < -0.39 is 9.84 Å². The first-order valence-corrected chi connectivity index (χ1v) is 12.8. The third kappa shape index (κ3) is 5.82. The Hall–Kier alpha value is -3.01. The van der Waals surface area contributed by atoms with Crippen LogP contribution in [0.4, 0.5) is 5.69 Å². The largest absolute Gasteiger partial charge is 0.349 e. The standard InChI is InChI=1S/C26H26N2O2S2/c1-19(2)22-13-15-23(16-14-22)28-26(31-18-21-11-9-20(3)10-12-21)25(17-27)32(29,30)24-7-5-4-6-8-24/h4-16,19,28H,18H2,1-3H3/b26-25+. The number of nitrogens with one attached hydrogen (secondary N) is 1. The number of rotatable bonds is 8. The smallest absolute Gasteiger partial charge is 0.219 e. The van der Waals surface area contributed by atoms with E-state index in [1.807, 2.05) is 61.5 Å². The van der Waals surface area contributed by atoms with Crippen molar-refractivity contribution in [3.8, 4) is 6.07 Å². The first kappa shape index (κ1) is 23.6. The molecule has 4 nitrogen and oxygen atoms in total. The number of benzene rings is 3. The summed E-state index contributed by atoms with van der Waals surface area (Å²) in [7, 11) is -3.97. The summed E-state index contributed by atoms with van der Waals surface area (Å²) in [6, 6.07) is 25.9. The van der Waals surface area contributed by atoms with Gasteiger partial charge in [-0.3, -0.25) is 0 Å². The van der Waals surface area contributed by atoms with E-state index in [-0.39, 0.29) is 9.80 Å². The maximum Gasteiger partial charge on any atom is 0.219 e. The molecular formula is C26H26N2O2S2. The van der Waals surface area contributed by atoms with Crippen LogP contribution in [0.5, 0.6) is 0 Å². The predicted molar refractivity (Wildman–Crippen MR) is 133 cm³/mol. The summed E-state index contributed by atoms with van der Waals surface area (Å²) in [4.78, 5) is -0.185. The number of hydrogen-bond donors (Lipinski definition) is 1. The average molecular weight is 463 g/mol. The lowest BCUT2D eigenvalue weighted by molar-refractivity contribution is 0.603. The van der Waals surface area contributed by atoms with Crippen molar-refractivity contribution in [2.45, 2.75) is 37.3 Å². The lowest BCUT2D eigenvalue weighted by Gasteiger charge is -2.15. The van der Waals surface area contributed by atoms with Crippen molar-refractivity contribution in [3.63, 3.8) is 0 Å². The number of anilines is 1. The predicted octanol–water partition coefficient (Wildman–Crippen LogP) is 6.63. The molecule has 6 heteroatoms. The second-order valence-corrected chi connectivity index (χ2v) is 10.6. The molecule has 0 aliphatic rings. The van der Waals surface area contributed by atoms with Crippen molar-refractivity contribution < 1.29 is 8.42 Å². The van der Waals surface area contributed by atoms with E-state index in [1.165, 1.54) is 29.5 Å². The van der Waals surface area contributed by atoms with E-state index in [2.05, 4.69) is 19.2 Å². The first-order chi connectivity index (χ1) is 15.3. The molecule has 0 atom stereocenters. The maximum absolute atomic E-state index is 13.3. The minimum absolute atomic E-state index is 0.0990. The Morgan fingerprint density at radius 2 is 1.59 bits per heavy atom. The maximum atomic E-state index is 13.3. The quantitative estimate of drug-likeness (QED) is 0.380. The molecule has 3 aromatic rings. The Kier molecular flexibility index (Phi) is 7.79. The molecule has 0 amide bonds. The highest BCUT2D eigenvalue weighted by Gasteiger charge is 2.25. The summed E-state index contributed by atoms with van der Waals surface area (Å²) in [5.74, 6) is 0.922. The number of hydrogen-bond acceptors (Lipinski definition) is 5. The normalized spacial score (nSPS) is 12.2. The van der Waals surface area contributed by atoms with Crippen LogP contribution in [-0.2, 0) is 15.6 Å². The molecule has 1 N–H and O–H groups in total. The Bertz CT molecular complexity index is 1220. The summed E-state index contributed by atoms with van der Waals surface area (Å²) in [6.07, 6.45) is 0. The molecule has 0 saturated carbocycles. The molecule has 3 aromatic carbocycles. The van der Waals surface area contributed by atoms with Gasteiger partial charge in [-0.15, -0.1) is 11.8 Å². The fourth-order valence-corrected chi connectivity index (χ4v) is 5.57. The second-order valence-electron chi connectivity index (χ2n) is 7.76. The molecule has 3 rings (SSSR count). The number of aryl methyl sites for hydroxylation is 1. The molecule has 0 aliphatic carbocycles. The molecule has 0 aliphatic heterocycles. The van der Waals surface area contributed by atoms with Gasteiger partial charge in [-0.1, -0.05) is 74.0 Å². The van der Waals surface area contributed by atoms with E-state index in [9.17, 15) is 13.7 Å². The van der Waals surface area contributed by atoms with E-state index in [4.69, 9.17) is 0 Å². The van der Waals surface area contributed by atoms with Gasteiger partial charge in [-0.05, 0) is 48.2 Å². The Morgan fingerprint density at radius 1 is 0.969 bits per heavy atom. The molecule has 0 saturated heterocycles. The zero-order valence-electron chi connectivity index (χ0n) is 18.4. The highest BCUT2D eigenvalue weighted by atomic mass is 32.2. The summed E-state index contributed by atoms with van der Waals surface area (Å²) in [5.41, 5.74) is 4.12. The molecule has 0 unspecified atom stereocenters.